The number of carboxylic acid groups (broad SMARTS) is 1. The predicted molar refractivity (Wildman–Crippen MR) is 132 cm³/mol. The zero-order valence-electron chi connectivity index (χ0n) is 19.8. The highest BCUT2D eigenvalue weighted by molar-refractivity contribution is 6.08. The third-order valence-corrected chi connectivity index (χ3v) is 6.53. The SMILES string of the molecule is CCCCCCCCCCCCCCCC(=O)C(N)(Cc1c[nH]c2ccccc12)C(=O)O. The molecule has 0 amide bonds. The first-order valence-corrected chi connectivity index (χ1v) is 12.6. The molecule has 0 spiro atoms. The van der Waals surface area contributed by atoms with Crippen molar-refractivity contribution >= 4 is 22.7 Å². The minimum atomic E-state index is -1.87. The van der Waals surface area contributed by atoms with Gasteiger partial charge in [-0.15, -0.1) is 0 Å². The first-order chi connectivity index (χ1) is 15.5. The number of hydrogen-bond donors (Lipinski definition) is 3. The molecule has 1 aromatic carbocycles. The lowest BCUT2D eigenvalue weighted by Crippen LogP contribution is -2.56. The second kappa shape index (κ2) is 14.1. The average molecular weight is 443 g/mol. The summed E-state index contributed by atoms with van der Waals surface area (Å²) in [5.74, 6) is -1.62. The number of para-hydroxylation sites is 1. The molecular formula is C27H42N2O3. The van der Waals surface area contributed by atoms with Crippen LogP contribution in [0.5, 0.6) is 0 Å². The summed E-state index contributed by atoms with van der Waals surface area (Å²) < 4.78 is 0. The van der Waals surface area contributed by atoms with Crippen molar-refractivity contribution in [3.05, 3.63) is 36.0 Å². The Kier molecular flexibility index (Phi) is 11.5. The van der Waals surface area contributed by atoms with E-state index in [1.54, 1.807) is 6.20 Å². The van der Waals surface area contributed by atoms with Gasteiger partial charge in [0.2, 0.25) is 0 Å². The van der Waals surface area contributed by atoms with Crippen LogP contribution in [-0.2, 0) is 16.0 Å². The first kappa shape index (κ1) is 26.1. The highest BCUT2D eigenvalue weighted by Gasteiger charge is 2.41. The fourth-order valence-corrected chi connectivity index (χ4v) is 4.40. The summed E-state index contributed by atoms with van der Waals surface area (Å²) in [5, 5.41) is 10.6. The minimum absolute atomic E-state index is 0.00360. The van der Waals surface area contributed by atoms with Crippen molar-refractivity contribution in [3.8, 4) is 0 Å². The van der Waals surface area contributed by atoms with Crippen molar-refractivity contribution in [2.75, 3.05) is 0 Å². The maximum Gasteiger partial charge on any atom is 0.331 e. The second-order valence-electron chi connectivity index (χ2n) is 9.23. The van der Waals surface area contributed by atoms with Gasteiger partial charge in [0.05, 0.1) is 0 Å². The molecule has 0 saturated carbocycles. The second-order valence-corrected chi connectivity index (χ2v) is 9.23. The zero-order valence-corrected chi connectivity index (χ0v) is 19.8. The molecule has 0 fully saturated rings. The topological polar surface area (TPSA) is 96.2 Å². The number of benzene rings is 1. The molecule has 2 aromatic rings. The molecule has 1 aromatic heterocycles. The molecule has 2 rings (SSSR count). The molecule has 0 saturated heterocycles. The Morgan fingerprint density at radius 1 is 0.875 bits per heavy atom. The van der Waals surface area contributed by atoms with Crippen LogP contribution in [0.2, 0.25) is 0 Å². The van der Waals surface area contributed by atoms with Gasteiger partial charge in [0, 0.05) is 29.9 Å². The van der Waals surface area contributed by atoms with Gasteiger partial charge in [-0.3, -0.25) is 4.79 Å². The van der Waals surface area contributed by atoms with Gasteiger partial charge in [-0.25, -0.2) is 4.79 Å². The van der Waals surface area contributed by atoms with Crippen LogP contribution in [0.1, 0.15) is 102 Å². The molecule has 1 unspecified atom stereocenters. The molecule has 0 bridgehead atoms. The van der Waals surface area contributed by atoms with E-state index in [4.69, 9.17) is 5.73 Å². The van der Waals surface area contributed by atoms with E-state index in [2.05, 4.69) is 11.9 Å². The molecule has 178 valence electrons. The lowest BCUT2D eigenvalue weighted by molar-refractivity contribution is -0.148. The summed E-state index contributed by atoms with van der Waals surface area (Å²) in [6.07, 6.45) is 17.9. The van der Waals surface area contributed by atoms with Crippen molar-refractivity contribution in [1.82, 2.24) is 4.98 Å². The van der Waals surface area contributed by atoms with E-state index < -0.39 is 11.5 Å². The number of carbonyl (C=O) groups excluding carboxylic acids is 1. The van der Waals surface area contributed by atoms with Gasteiger partial charge >= 0.3 is 5.97 Å². The van der Waals surface area contributed by atoms with Crippen LogP contribution in [0.3, 0.4) is 0 Å². The Morgan fingerprint density at radius 3 is 1.97 bits per heavy atom. The summed E-state index contributed by atoms with van der Waals surface area (Å²) in [4.78, 5) is 27.8. The Bertz CT molecular complexity index is 829. The molecule has 32 heavy (non-hydrogen) atoms. The fourth-order valence-electron chi connectivity index (χ4n) is 4.40. The zero-order chi connectivity index (χ0) is 23.2. The van der Waals surface area contributed by atoms with Crippen LogP contribution < -0.4 is 5.73 Å². The maximum absolute atomic E-state index is 12.8. The van der Waals surface area contributed by atoms with Crippen molar-refractivity contribution in [2.45, 2.75) is 109 Å². The predicted octanol–water partition coefficient (Wildman–Crippen LogP) is 6.54. The number of unbranched alkanes of at least 4 members (excludes halogenated alkanes) is 12. The first-order valence-electron chi connectivity index (χ1n) is 12.6. The number of aliphatic carboxylic acids is 1. The van der Waals surface area contributed by atoms with E-state index in [1.165, 1.54) is 64.2 Å². The van der Waals surface area contributed by atoms with Gasteiger partial charge in [-0.2, -0.15) is 0 Å². The Hall–Kier alpha value is -2.14. The number of hydrogen-bond acceptors (Lipinski definition) is 3. The number of nitrogens with one attached hydrogen (secondary N) is 1. The van der Waals surface area contributed by atoms with E-state index in [0.29, 0.717) is 6.42 Å². The number of aromatic amines is 1. The molecule has 5 nitrogen and oxygen atoms in total. The monoisotopic (exact) mass is 442 g/mol. The molecule has 0 aliphatic rings. The van der Waals surface area contributed by atoms with Gasteiger partial charge in [-0.05, 0) is 18.1 Å². The van der Waals surface area contributed by atoms with E-state index >= 15 is 0 Å². The Labute approximate surface area is 193 Å². The number of fused-ring (bicyclic) bond motifs is 1. The average Bonchev–Trinajstić information content (AvgIpc) is 3.19. The molecule has 1 atom stereocenters. The highest BCUT2D eigenvalue weighted by atomic mass is 16.4. The maximum atomic E-state index is 12.8. The van der Waals surface area contributed by atoms with Crippen LogP contribution in [0, 0.1) is 0 Å². The summed E-state index contributed by atoms with van der Waals surface area (Å²) >= 11 is 0. The highest BCUT2D eigenvalue weighted by Crippen LogP contribution is 2.24. The number of carboxylic acids is 1. The van der Waals surface area contributed by atoms with Crippen LogP contribution in [-0.4, -0.2) is 27.4 Å². The number of carbonyl (C=O) groups is 2. The summed E-state index contributed by atoms with van der Waals surface area (Å²) in [6, 6.07) is 7.65. The van der Waals surface area contributed by atoms with Gasteiger partial charge in [-0.1, -0.05) is 102 Å². The number of rotatable bonds is 18. The van der Waals surface area contributed by atoms with E-state index in [1.807, 2.05) is 24.3 Å². The third-order valence-electron chi connectivity index (χ3n) is 6.53. The molecule has 0 aliphatic carbocycles. The van der Waals surface area contributed by atoms with Crippen molar-refractivity contribution < 1.29 is 14.7 Å². The van der Waals surface area contributed by atoms with Crippen LogP contribution in [0.25, 0.3) is 10.9 Å². The van der Waals surface area contributed by atoms with Crippen LogP contribution >= 0.6 is 0 Å². The fraction of sp³-hybridized carbons (Fsp3) is 0.630. The molecule has 4 N–H and O–H groups in total. The van der Waals surface area contributed by atoms with E-state index in [9.17, 15) is 14.7 Å². The number of nitrogens with two attached hydrogens (primary N) is 1. The van der Waals surface area contributed by atoms with Gasteiger partial charge in [0.15, 0.2) is 11.3 Å². The largest absolute Gasteiger partial charge is 0.480 e. The lowest BCUT2D eigenvalue weighted by Gasteiger charge is -2.23. The van der Waals surface area contributed by atoms with Gasteiger partial charge < -0.3 is 15.8 Å². The normalized spacial score (nSPS) is 13.3. The van der Waals surface area contributed by atoms with Crippen molar-refractivity contribution in [1.29, 1.82) is 0 Å². The Morgan fingerprint density at radius 2 is 1.41 bits per heavy atom. The standard InChI is InChI=1S/C27H42N2O3/c1-2-3-4-5-6-7-8-9-10-11-12-13-14-19-25(30)27(28,26(31)32)20-22-21-29-24-18-16-15-17-23(22)24/h15-18,21,29H,2-14,19-20,28H2,1H3,(H,31,32). The van der Waals surface area contributed by atoms with Crippen LogP contribution in [0.4, 0.5) is 0 Å². The molecule has 5 heteroatoms. The number of Topliss-reactive ketones (excluding diaryl/α,β-unsaturated/α-hetero) is 1. The lowest BCUT2D eigenvalue weighted by atomic mass is 9.85. The number of ketones is 1. The quantitative estimate of drug-likeness (QED) is 0.180. The molecule has 0 radical (unpaired) electrons. The molecular weight excluding hydrogens is 400 g/mol. The smallest absolute Gasteiger partial charge is 0.331 e. The van der Waals surface area contributed by atoms with Crippen molar-refractivity contribution in [2.24, 2.45) is 5.73 Å². The Balaban J connectivity index is 1.64. The van der Waals surface area contributed by atoms with E-state index in [0.717, 1.165) is 29.3 Å². The third kappa shape index (κ3) is 8.09. The number of aromatic nitrogens is 1. The summed E-state index contributed by atoms with van der Waals surface area (Å²) in [5.41, 5.74) is 5.96. The van der Waals surface area contributed by atoms with Gasteiger partial charge in [0.1, 0.15) is 0 Å². The van der Waals surface area contributed by atoms with Crippen LogP contribution in [0.15, 0.2) is 30.5 Å². The molecule has 0 aliphatic heterocycles. The van der Waals surface area contributed by atoms with E-state index in [-0.39, 0.29) is 18.6 Å². The summed E-state index contributed by atoms with van der Waals surface area (Å²) in [6.45, 7) is 2.25. The minimum Gasteiger partial charge on any atom is -0.480 e. The summed E-state index contributed by atoms with van der Waals surface area (Å²) in [7, 11) is 0. The van der Waals surface area contributed by atoms with Crippen molar-refractivity contribution in [3.63, 3.8) is 0 Å². The number of H-pyrrole nitrogens is 1. The molecule has 1 heterocycles. The van der Waals surface area contributed by atoms with Gasteiger partial charge in [0.25, 0.3) is 0 Å².